The Balaban J connectivity index is 1.41. The second-order valence-corrected chi connectivity index (χ2v) is 11.4. The Morgan fingerprint density at radius 2 is 2.03 bits per heavy atom. The molecule has 1 atom stereocenters. The summed E-state index contributed by atoms with van der Waals surface area (Å²) in [6.45, 7) is 0.327. The van der Waals surface area contributed by atoms with E-state index in [2.05, 4.69) is 21.6 Å². The standard InChI is InChI=1S/C18H18N4O3S4/c23-16(19-17-20-21-18(28-17)27-12-13-6-5-11-26-13)15-9-4-10-22(15)29(24,25)14-7-2-1-3-8-14/h1-3,5-8,11,15H,4,9-10,12H2,(H,19,20,23). The van der Waals surface area contributed by atoms with Crippen molar-refractivity contribution in [1.82, 2.24) is 14.5 Å². The quantitative estimate of drug-likeness (QED) is 0.422. The molecule has 3 aromatic rings. The van der Waals surface area contributed by atoms with Crippen LogP contribution in [0.2, 0.25) is 0 Å². The molecule has 29 heavy (non-hydrogen) atoms. The summed E-state index contributed by atoms with van der Waals surface area (Å²) in [5.74, 6) is 0.430. The van der Waals surface area contributed by atoms with Crippen molar-refractivity contribution in [2.75, 3.05) is 11.9 Å². The molecule has 7 nitrogen and oxygen atoms in total. The van der Waals surface area contributed by atoms with Gasteiger partial charge in [0.2, 0.25) is 21.1 Å². The maximum atomic E-state index is 12.9. The summed E-state index contributed by atoms with van der Waals surface area (Å²) in [6.07, 6.45) is 1.12. The molecule has 152 valence electrons. The molecule has 1 fully saturated rings. The van der Waals surface area contributed by atoms with Crippen molar-refractivity contribution < 1.29 is 13.2 Å². The Hall–Kier alpha value is -1.79. The van der Waals surface area contributed by atoms with Gasteiger partial charge in [-0.2, -0.15) is 4.31 Å². The molecule has 1 unspecified atom stereocenters. The number of anilines is 1. The summed E-state index contributed by atoms with van der Waals surface area (Å²) in [5, 5.41) is 13.3. The molecule has 1 amide bonds. The molecule has 0 bridgehead atoms. The third kappa shape index (κ3) is 4.69. The van der Waals surface area contributed by atoms with Crippen LogP contribution in [0.5, 0.6) is 0 Å². The highest BCUT2D eigenvalue weighted by Gasteiger charge is 2.39. The van der Waals surface area contributed by atoms with Gasteiger partial charge in [0.05, 0.1) is 4.90 Å². The third-order valence-corrected chi connectivity index (χ3v) is 9.41. The van der Waals surface area contributed by atoms with Gasteiger partial charge in [-0.05, 0) is 36.4 Å². The monoisotopic (exact) mass is 466 g/mol. The topological polar surface area (TPSA) is 92.3 Å². The van der Waals surface area contributed by atoms with Gasteiger partial charge < -0.3 is 0 Å². The Bertz CT molecular complexity index is 1070. The van der Waals surface area contributed by atoms with Crippen molar-refractivity contribution in [3.63, 3.8) is 0 Å². The lowest BCUT2D eigenvalue weighted by Crippen LogP contribution is -2.43. The molecule has 0 radical (unpaired) electrons. The number of carbonyl (C=O) groups is 1. The van der Waals surface area contributed by atoms with Gasteiger partial charge in [-0.1, -0.05) is 47.4 Å². The summed E-state index contributed by atoms with van der Waals surface area (Å²) in [6, 6.07) is 11.5. The van der Waals surface area contributed by atoms with Gasteiger partial charge in [0.1, 0.15) is 6.04 Å². The van der Waals surface area contributed by atoms with Crippen LogP contribution in [0.15, 0.2) is 57.1 Å². The fraction of sp³-hybridized carbons (Fsp3) is 0.278. The first-order valence-electron chi connectivity index (χ1n) is 8.90. The van der Waals surface area contributed by atoms with E-state index in [1.54, 1.807) is 53.4 Å². The minimum absolute atomic E-state index is 0.197. The van der Waals surface area contributed by atoms with E-state index < -0.39 is 16.1 Å². The van der Waals surface area contributed by atoms with Crippen LogP contribution in [0, 0.1) is 0 Å². The molecular formula is C18H18N4O3S4. The number of aromatic nitrogens is 2. The smallest absolute Gasteiger partial charge is 0.244 e. The van der Waals surface area contributed by atoms with Crippen molar-refractivity contribution in [2.24, 2.45) is 0 Å². The van der Waals surface area contributed by atoms with Crippen LogP contribution >= 0.6 is 34.4 Å². The van der Waals surface area contributed by atoms with Crippen LogP contribution in [-0.2, 0) is 20.6 Å². The Morgan fingerprint density at radius 3 is 2.79 bits per heavy atom. The average Bonchev–Trinajstić information content (AvgIpc) is 3.48. The molecule has 2 aromatic heterocycles. The highest BCUT2D eigenvalue weighted by molar-refractivity contribution is 8.00. The minimum Gasteiger partial charge on any atom is -0.299 e. The molecule has 4 rings (SSSR count). The summed E-state index contributed by atoms with van der Waals surface area (Å²) in [7, 11) is -3.72. The van der Waals surface area contributed by atoms with E-state index in [0.29, 0.717) is 24.5 Å². The van der Waals surface area contributed by atoms with Crippen molar-refractivity contribution >= 4 is 55.5 Å². The number of nitrogens with one attached hydrogen (secondary N) is 1. The van der Waals surface area contributed by atoms with E-state index in [1.165, 1.54) is 20.5 Å². The van der Waals surface area contributed by atoms with Gasteiger partial charge in [-0.15, -0.1) is 21.5 Å². The van der Waals surface area contributed by atoms with Crippen LogP contribution < -0.4 is 5.32 Å². The fourth-order valence-corrected chi connectivity index (χ4v) is 7.26. The SMILES string of the molecule is O=C(Nc1nnc(SCc2cccs2)s1)C1CCCN1S(=O)(=O)c1ccccc1. The molecule has 1 N–H and O–H groups in total. The normalized spacial score (nSPS) is 17.4. The minimum atomic E-state index is -3.72. The van der Waals surface area contributed by atoms with Gasteiger partial charge >= 0.3 is 0 Å². The van der Waals surface area contributed by atoms with Crippen LogP contribution in [0.1, 0.15) is 17.7 Å². The highest BCUT2D eigenvalue weighted by Crippen LogP contribution is 2.31. The summed E-state index contributed by atoms with van der Waals surface area (Å²) >= 11 is 4.53. The maximum absolute atomic E-state index is 12.9. The maximum Gasteiger partial charge on any atom is 0.244 e. The van der Waals surface area contributed by atoms with Crippen LogP contribution in [0.25, 0.3) is 0 Å². The Morgan fingerprint density at radius 1 is 1.21 bits per heavy atom. The number of rotatable bonds is 7. The van der Waals surface area contributed by atoms with Crippen molar-refractivity contribution in [1.29, 1.82) is 0 Å². The number of nitrogens with zero attached hydrogens (tertiary/aromatic N) is 3. The molecule has 1 aliphatic rings. The largest absolute Gasteiger partial charge is 0.299 e. The van der Waals surface area contributed by atoms with E-state index in [4.69, 9.17) is 0 Å². The van der Waals surface area contributed by atoms with Gasteiger partial charge in [0, 0.05) is 17.2 Å². The molecule has 0 spiro atoms. The predicted molar refractivity (Wildman–Crippen MR) is 116 cm³/mol. The van der Waals surface area contributed by atoms with Gasteiger partial charge in [-0.3, -0.25) is 10.1 Å². The van der Waals surface area contributed by atoms with Crippen LogP contribution in [0.4, 0.5) is 5.13 Å². The molecule has 1 saturated heterocycles. The molecule has 3 heterocycles. The lowest BCUT2D eigenvalue weighted by atomic mass is 10.2. The van der Waals surface area contributed by atoms with E-state index in [-0.39, 0.29) is 10.8 Å². The Kier molecular flexibility index (Phi) is 6.30. The lowest BCUT2D eigenvalue weighted by molar-refractivity contribution is -0.119. The number of thiophene rings is 1. The van der Waals surface area contributed by atoms with E-state index in [9.17, 15) is 13.2 Å². The number of amides is 1. The number of hydrogen-bond donors (Lipinski definition) is 1. The van der Waals surface area contributed by atoms with Gasteiger partial charge in [0.25, 0.3) is 0 Å². The van der Waals surface area contributed by atoms with E-state index in [0.717, 1.165) is 10.1 Å². The zero-order valence-electron chi connectivity index (χ0n) is 15.2. The van der Waals surface area contributed by atoms with E-state index >= 15 is 0 Å². The van der Waals surface area contributed by atoms with Gasteiger partial charge in [0.15, 0.2) is 4.34 Å². The van der Waals surface area contributed by atoms with Crippen LogP contribution in [-0.4, -0.2) is 41.4 Å². The van der Waals surface area contributed by atoms with Gasteiger partial charge in [-0.25, -0.2) is 8.42 Å². The average molecular weight is 467 g/mol. The summed E-state index contributed by atoms with van der Waals surface area (Å²) in [5.41, 5.74) is 0. The fourth-order valence-electron chi connectivity index (χ4n) is 3.05. The zero-order valence-corrected chi connectivity index (χ0v) is 18.5. The second kappa shape index (κ2) is 8.92. The lowest BCUT2D eigenvalue weighted by Gasteiger charge is -2.22. The first-order chi connectivity index (χ1) is 14.0. The summed E-state index contributed by atoms with van der Waals surface area (Å²) < 4.78 is 27.9. The molecular weight excluding hydrogens is 448 g/mol. The van der Waals surface area contributed by atoms with Crippen molar-refractivity contribution in [2.45, 2.75) is 33.9 Å². The number of benzene rings is 1. The molecule has 1 aliphatic heterocycles. The number of thioether (sulfide) groups is 1. The molecule has 0 aliphatic carbocycles. The molecule has 0 saturated carbocycles. The number of hydrogen-bond acceptors (Lipinski definition) is 8. The van der Waals surface area contributed by atoms with E-state index in [1.807, 2.05) is 11.4 Å². The van der Waals surface area contributed by atoms with Crippen molar-refractivity contribution in [3.05, 3.63) is 52.7 Å². The van der Waals surface area contributed by atoms with Crippen LogP contribution in [0.3, 0.4) is 0 Å². The third-order valence-electron chi connectivity index (χ3n) is 4.41. The zero-order chi connectivity index (χ0) is 20.3. The predicted octanol–water partition coefficient (Wildman–Crippen LogP) is 3.68. The highest BCUT2D eigenvalue weighted by atomic mass is 32.2. The Labute approximate surface area is 181 Å². The second-order valence-electron chi connectivity index (χ2n) is 6.32. The van der Waals surface area contributed by atoms with Crippen molar-refractivity contribution in [3.8, 4) is 0 Å². The number of carbonyl (C=O) groups excluding carboxylic acids is 1. The first kappa shape index (κ1) is 20.5. The number of sulfonamides is 1. The first-order valence-corrected chi connectivity index (χ1v) is 13.0. The molecule has 11 heteroatoms. The molecule has 1 aromatic carbocycles. The summed E-state index contributed by atoms with van der Waals surface area (Å²) in [4.78, 5) is 14.2.